The van der Waals surface area contributed by atoms with Gasteiger partial charge in [0.1, 0.15) is 36.3 Å². The Morgan fingerprint density at radius 1 is 0.536 bits per heavy atom. The first-order chi connectivity index (χ1) is 32.6. The zero-order valence-corrected chi connectivity index (χ0v) is 38.2. The number of aliphatic carboxylic acids is 2. The maximum Gasteiger partial charge on any atom is 0.335 e. The number of carboxylic acid groups (broad SMARTS) is 2. The summed E-state index contributed by atoms with van der Waals surface area (Å²) in [6, 6.07) is -11.9. The molecule has 31 heteroatoms. The maximum absolute atomic E-state index is 13.5. The summed E-state index contributed by atoms with van der Waals surface area (Å²) in [4.78, 5) is 114. The fourth-order valence-corrected chi connectivity index (χ4v) is 6.15. The molecule has 7 amide bonds. The fraction of sp³-hybridized carbons (Fsp3) is 0.763. The van der Waals surface area contributed by atoms with Crippen molar-refractivity contribution in [3.63, 3.8) is 0 Å². The van der Waals surface area contributed by atoms with E-state index in [0.717, 1.165) is 45.4 Å². The summed E-state index contributed by atoms with van der Waals surface area (Å²) < 4.78 is 0. The minimum Gasteiger partial charge on any atom is -0.597 e. The lowest BCUT2D eigenvalue weighted by atomic mass is 10.0. The van der Waals surface area contributed by atoms with Gasteiger partial charge in [-0.1, -0.05) is 61.6 Å². The highest BCUT2D eigenvalue weighted by Crippen LogP contribution is 2.11. The number of aliphatic hydroxyl groups is 5. The zero-order valence-electron chi connectivity index (χ0n) is 38.2. The fourth-order valence-electron chi connectivity index (χ4n) is 6.15. The monoisotopic (exact) mass is 997 g/mol. The lowest BCUT2D eigenvalue weighted by Gasteiger charge is -2.28. The van der Waals surface area contributed by atoms with Gasteiger partial charge in [-0.3, -0.25) is 33.6 Å². The van der Waals surface area contributed by atoms with E-state index in [9.17, 15) is 89.3 Å². The van der Waals surface area contributed by atoms with Gasteiger partial charge in [-0.15, -0.1) is 0 Å². The Balaban J connectivity index is 5.94. The van der Waals surface area contributed by atoms with E-state index in [1.54, 1.807) is 0 Å². The maximum atomic E-state index is 13.5. The number of rotatable bonds is 37. The van der Waals surface area contributed by atoms with E-state index < -0.39 is 147 Å². The number of nitrogens with zero attached hydrogens (tertiary/aromatic N) is 4. The number of nitrogens with one attached hydrogen (secondary N) is 7. The molecule has 0 spiro atoms. The van der Waals surface area contributed by atoms with E-state index in [-0.39, 0.29) is 35.4 Å². The average Bonchev–Trinajstić information content (AvgIpc) is 3.30. The van der Waals surface area contributed by atoms with Gasteiger partial charge in [-0.25, -0.2) is 9.59 Å². The predicted molar refractivity (Wildman–Crippen MR) is 229 cm³/mol. The Kier molecular flexibility index (Phi) is 31.4. The van der Waals surface area contributed by atoms with E-state index in [0.29, 0.717) is 12.8 Å². The van der Waals surface area contributed by atoms with Crippen LogP contribution in [0.15, 0.2) is 10.6 Å². The molecular weight excluding hydrogens is 930 g/mol. The van der Waals surface area contributed by atoms with Crippen molar-refractivity contribution in [3.8, 4) is 0 Å². The van der Waals surface area contributed by atoms with Gasteiger partial charge in [0.25, 0.3) is 0 Å². The molecule has 0 saturated heterocycles. The molecule has 0 radical (unpaired) electrons. The van der Waals surface area contributed by atoms with Crippen LogP contribution in [0.4, 0.5) is 0 Å². The molecule has 0 fully saturated rings. The molecular formula is C38H67N11O20. The molecule has 0 rings (SSSR count). The minimum absolute atomic E-state index is 0.168. The van der Waals surface area contributed by atoms with E-state index in [1.165, 1.54) is 0 Å². The van der Waals surface area contributed by atoms with Crippen LogP contribution in [-0.2, 0) is 43.2 Å². The van der Waals surface area contributed by atoms with Gasteiger partial charge in [0.05, 0.1) is 38.4 Å². The number of carbonyl (C=O) groups excluding carboxylic acids is 7. The zero-order chi connectivity index (χ0) is 52.6. The highest BCUT2D eigenvalue weighted by atomic mass is 16.6. The van der Waals surface area contributed by atoms with Crippen molar-refractivity contribution in [2.45, 2.75) is 152 Å². The lowest BCUT2D eigenvalue weighted by Crippen LogP contribution is -2.63. The summed E-state index contributed by atoms with van der Waals surface area (Å²) in [5, 5.41) is 128. The van der Waals surface area contributed by atoms with Gasteiger partial charge in [0, 0.05) is 12.8 Å². The second kappa shape index (κ2) is 34.7. The molecule has 0 unspecified atom stereocenters. The van der Waals surface area contributed by atoms with Crippen molar-refractivity contribution in [2.24, 2.45) is 10.6 Å². The first kappa shape index (κ1) is 62.4. The van der Waals surface area contributed by atoms with Crippen molar-refractivity contribution in [2.75, 3.05) is 32.8 Å². The van der Waals surface area contributed by atoms with Gasteiger partial charge in [-0.05, 0) is 26.2 Å². The number of hydroxylamine groups is 2. The van der Waals surface area contributed by atoms with E-state index in [1.807, 2.05) is 21.3 Å². The van der Waals surface area contributed by atoms with Crippen molar-refractivity contribution >= 4 is 53.3 Å². The van der Waals surface area contributed by atoms with Crippen LogP contribution >= 0.6 is 0 Å². The van der Waals surface area contributed by atoms with Gasteiger partial charge in [0.2, 0.25) is 41.4 Å². The Labute approximate surface area is 394 Å². The molecule has 31 nitrogen and oxygen atoms in total. The van der Waals surface area contributed by atoms with Crippen LogP contribution < -0.4 is 37.2 Å². The Morgan fingerprint density at radius 2 is 0.986 bits per heavy atom. The SMILES string of the molecule is CCCCCCCCC[C@@H](O)CC(=O)NCC(=O)N[C@H](C(=O)N[C@@H](CO)C(=O)N[C@H](C(=O)N[C@H](CCC[N+]([O-])=NO)C(=O)N[C@H](CO)C(=O)N[C@H](CCC[N+]([O-])=NO)C(=O)O)[C@H](C)O)[C@H](O)C(=O)O. The lowest BCUT2D eigenvalue weighted by molar-refractivity contribution is -0.556. The van der Waals surface area contributed by atoms with E-state index >= 15 is 0 Å². The molecule has 0 bridgehead atoms. The summed E-state index contributed by atoms with van der Waals surface area (Å²) in [5.74, 6) is -12.5. The highest BCUT2D eigenvalue weighted by molar-refractivity contribution is 5.98. The Bertz CT molecular complexity index is 1740. The predicted octanol–water partition coefficient (Wildman–Crippen LogP) is -4.94. The van der Waals surface area contributed by atoms with Crippen LogP contribution in [0.2, 0.25) is 0 Å². The Morgan fingerprint density at radius 3 is 1.48 bits per heavy atom. The molecule has 16 N–H and O–H groups in total. The molecule has 9 atom stereocenters. The molecule has 0 aliphatic heterocycles. The quantitative estimate of drug-likeness (QED) is 0.0120. The van der Waals surface area contributed by atoms with Crippen LogP contribution in [0.3, 0.4) is 0 Å². The smallest absolute Gasteiger partial charge is 0.335 e. The topological polar surface area (TPSA) is 497 Å². The molecule has 0 aliphatic carbocycles. The molecule has 69 heavy (non-hydrogen) atoms. The van der Waals surface area contributed by atoms with Crippen LogP contribution in [-0.4, -0.2) is 197 Å². The molecule has 0 saturated carbocycles. The molecule has 0 aromatic heterocycles. The summed E-state index contributed by atoms with van der Waals surface area (Å²) in [6.45, 7) is -1.30. The van der Waals surface area contributed by atoms with Gasteiger partial charge in [-0.2, -0.15) is 0 Å². The number of amides is 7. The van der Waals surface area contributed by atoms with Crippen molar-refractivity contribution in [1.82, 2.24) is 37.2 Å². The summed E-state index contributed by atoms with van der Waals surface area (Å²) in [6.07, 6.45) is -0.178. The molecule has 394 valence electrons. The summed E-state index contributed by atoms with van der Waals surface area (Å²) in [7, 11) is 0. The van der Waals surface area contributed by atoms with Crippen LogP contribution in [0.25, 0.3) is 0 Å². The van der Waals surface area contributed by atoms with Crippen LogP contribution in [0.5, 0.6) is 0 Å². The van der Waals surface area contributed by atoms with Crippen molar-refractivity contribution in [3.05, 3.63) is 10.4 Å². The molecule has 0 aliphatic rings. The number of aliphatic hydroxyl groups excluding tert-OH is 5. The first-order valence-electron chi connectivity index (χ1n) is 22.0. The third-order valence-corrected chi connectivity index (χ3v) is 10.0. The number of carboxylic acids is 2. The standard InChI is InChI=1S/C38H67N11O20/c1-3-4-5-6-7-8-9-12-22(53)17-27(54)39-18-28(55)44-30(31(56)38(64)65)36(61)43-26(20-51)34(59)45-29(21(2)52)35(60)40-23(13-10-15-48(68)46-66)32(57)42-25(19-50)33(58)41-24(37(62)63)14-11-16-49(69)47-67/h21-26,29-31,50-53,56,66-67H,3-20H2,1-2H3,(H,39,54)(H,40,60)(H,41,58)(H,42,57)(H,43,61)(H,44,55)(H,45,59)(H,62,63)(H,64,65)/t21-,22+,23+,24+,25+,26-,29-,30-,31-/m0/s1. The Hall–Kier alpha value is -6.57. The highest BCUT2D eigenvalue weighted by Gasteiger charge is 2.38. The van der Waals surface area contributed by atoms with Crippen LogP contribution in [0, 0.1) is 10.4 Å². The normalized spacial score (nSPS) is 15.6. The first-order valence-corrected chi connectivity index (χ1v) is 22.0. The van der Waals surface area contributed by atoms with E-state index in [2.05, 4.69) is 33.4 Å². The molecule has 0 aromatic carbocycles. The van der Waals surface area contributed by atoms with E-state index in [4.69, 9.17) is 10.4 Å². The van der Waals surface area contributed by atoms with Crippen LogP contribution in [0.1, 0.15) is 97.3 Å². The van der Waals surface area contributed by atoms with Crippen molar-refractivity contribution in [1.29, 1.82) is 0 Å². The number of hydrogen-bond donors (Lipinski definition) is 16. The third-order valence-electron chi connectivity index (χ3n) is 10.0. The molecule has 0 aromatic rings. The average molecular weight is 998 g/mol. The second-order valence-corrected chi connectivity index (χ2v) is 15.7. The number of carbonyl (C=O) groups is 9. The number of unbranched alkanes of at least 4 members (excludes halogenated alkanes) is 6. The van der Waals surface area contributed by atoms with Gasteiger partial charge >= 0.3 is 11.9 Å². The van der Waals surface area contributed by atoms with Gasteiger partial charge in [0.15, 0.2) is 29.7 Å². The van der Waals surface area contributed by atoms with Crippen molar-refractivity contribution < 1.29 is 99.0 Å². The number of hydrogen-bond acceptors (Lipinski definition) is 18. The summed E-state index contributed by atoms with van der Waals surface area (Å²) in [5.41, 5.74) is 0. The molecule has 0 heterocycles. The largest absolute Gasteiger partial charge is 0.597 e. The minimum atomic E-state index is -2.67. The summed E-state index contributed by atoms with van der Waals surface area (Å²) >= 11 is 0. The third kappa shape index (κ3) is 26.0. The second-order valence-electron chi connectivity index (χ2n) is 15.7. The van der Waals surface area contributed by atoms with Gasteiger partial charge < -0.3 is 93.8 Å².